The summed E-state index contributed by atoms with van der Waals surface area (Å²) in [6.07, 6.45) is 1.60. The molecular weight excluding hydrogens is 421 g/mol. The molecule has 3 fully saturated rings. The summed E-state index contributed by atoms with van der Waals surface area (Å²) in [5, 5.41) is 2.80. The molecule has 4 aliphatic rings. The molecule has 2 aromatic carbocycles. The fourth-order valence-electron chi connectivity index (χ4n) is 6.20. The summed E-state index contributed by atoms with van der Waals surface area (Å²) in [6, 6.07) is 9.34. The lowest BCUT2D eigenvalue weighted by atomic mass is 9.75. The van der Waals surface area contributed by atoms with Gasteiger partial charge in [-0.25, -0.2) is 9.29 Å². The molecular formula is C23H19ClFN3O3. The topological polar surface area (TPSA) is 69.7 Å². The molecule has 3 saturated heterocycles. The van der Waals surface area contributed by atoms with Crippen molar-refractivity contribution < 1.29 is 18.8 Å². The average Bonchev–Trinajstić information content (AvgIpc) is 3.43. The Morgan fingerprint density at radius 2 is 1.94 bits per heavy atom. The molecule has 1 N–H and O–H groups in total. The van der Waals surface area contributed by atoms with Crippen LogP contribution < -0.4 is 10.2 Å². The molecule has 2 aromatic rings. The monoisotopic (exact) mass is 439 g/mol. The molecule has 158 valence electrons. The van der Waals surface area contributed by atoms with E-state index in [0.717, 1.165) is 34.9 Å². The molecule has 0 unspecified atom stereocenters. The number of nitrogens with one attached hydrogen (secondary N) is 1. The van der Waals surface area contributed by atoms with Gasteiger partial charge in [0.25, 0.3) is 0 Å². The highest BCUT2D eigenvalue weighted by Crippen LogP contribution is 2.60. The zero-order valence-corrected chi connectivity index (χ0v) is 17.4. The Bertz CT molecular complexity index is 1200. The highest BCUT2D eigenvalue weighted by atomic mass is 35.5. The summed E-state index contributed by atoms with van der Waals surface area (Å²) >= 11 is 5.93. The number of anilines is 2. The van der Waals surface area contributed by atoms with Crippen LogP contribution in [0.5, 0.6) is 0 Å². The second-order valence-corrected chi connectivity index (χ2v) is 9.19. The second kappa shape index (κ2) is 6.14. The van der Waals surface area contributed by atoms with E-state index in [9.17, 15) is 18.8 Å². The minimum Gasteiger partial charge on any atom is -0.324 e. The van der Waals surface area contributed by atoms with Crippen LogP contribution in [0.3, 0.4) is 0 Å². The zero-order chi connectivity index (χ0) is 21.7. The molecule has 4 aliphatic heterocycles. The van der Waals surface area contributed by atoms with E-state index in [2.05, 4.69) is 10.2 Å². The number of carbonyl (C=O) groups is 3. The normalized spacial score (nSPS) is 31.4. The fourth-order valence-corrected chi connectivity index (χ4v) is 6.37. The number of rotatable bonds is 1. The standard InChI is InChI=1S/C23H19ClFN3O3/c1-11-4-7-16-13(9-11)23(22(31)26-16)19-18(17-3-2-8-27(17)23)20(29)28(21(19)30)12-5-6-15(25)14(24)10-12/h4-7,9-10,17-19H,2-3,8H2,1H3,(H,26,31)/t17-,18+,19-,23-/m0/s1. The van der Waals surface area contributed by atoms with Crippen LogP contribution in [0.1, 0.15) is 24.0 Å². The molecule has 3 amide bonds. The van der Waals surface area contributed by atoms with Crippen molar-refractivity contribution in [2.24, 2.45) is 11.8 Å². The molecule has 8 heteroatoms. The fraction of sp³-hybridized carbons (Fsp3) is 0.348. The first-order chi connectivity index (χ1) is 14.9. The van der Waals surface area contributed by atoms with Crippen LogP contribution in [0.4, 0.5) is 15.8 Å². The van der Waals surface area contributed by atoms with Crippen LogP contribution >= 0.6 is 11.6 Å². The molecule has 31 heavy (non-hydrogen) atoms. The first-order valence-corrected chi connectivity index (χ1v) is 10.8. The maximum absolute atomic E-state index is 13.8. The Kier molecular flexibility index (Phi) is 3.76. The molecule has 6 rings (SSSR count). The van der Waals surface area contributed by atoms with Gasteiger partial charge in [-0.3, -0.25) is 19.3 Å². The number of benzene rings is 2. The van der Waals surface area contributed by atoms with E-state index < -0.39 is 29.1 Å². The number of aryl methyl sites for hydroxylation is 1. The molecule has 0 bridgehead atoms. The van der Waals surface area contributed by atoms with Gasteiger partial charge in [-0.2, -0.15) is 0 Å². The van der Waals surface area contributed by atoms with E-state index in [1.54, 1.807) is 0 Å². The smallest absolute Gasteiger partial charge is 0.250 e. The number of hydrogen-bond donors (Lipinski definition) is 1. The molecule has 4 heterocycles. The highest BCUT2D eigenvalue weighted by Gasteiger charge is 2.74. The Hall–Kier alpha value is -2.77. The summed E-state index contributed by atoms with van der Waals surface area (Å²) in [5.74, 6) is -3.12. The van der Waals surface area contributed by atoms with Gasteiger partial charge < -0.3 is 5.32 Å². The van der Waals surface area contributed by atoms with Crippen molar-refractivity contribution in [1.82, 2.24) is 4.90 Å². The maximum Gasteiger partial charge on any atom is 0.250 e. The van der Waals surface area contributed by atoms with Crippen LogP contribution in [0.25, 0.3) is 0 Å². The molecule has 0 aromatic heterocycles. The largest absolute Gasteiger partial charge is 0.324 e. The van der Waals surface area contributed by atoms with E-state index >= 15 is 0 Å². The van der Waals surface area contributed by atoms with Gasteiger partial charge in [0.2, 0.25) is 17.7 Å². The van der Waals surface area contributed by atoms with Gasteiger partial charge in [-0.15, -0.1) is 0 Å². The zero-order valence-electron chi connectivity index (χ0n) is 16.7. The van der Waals surface area contributed by atoms with Gasteiger partial charge in [-0.1, -0.05) is 29.3 Å². The summed E-state index contributed by atoms with van der Waals surface area (Å²) in [6.45, 7) is 2.60. The van der Waals surface area contributed by atoms with Crippen molar-refractivity contribution in [3.63, 3.8) is 0 Å². The summed E-state index contributed by atoms with van der Waals surface area (Å²) in [5.41, 5.74) is 1.45. The molecule has 0 aliphatic carbocycles. The highest BCUT2D eigenvalue weighted by molar-refractivity contribution is 6.32. The van der Waals surface area contributed by atoms with Crippen LogP contribution in [0.2, 0.25) is 5.02 Å². The van der Waals surface area contributed by atoms with Crippen molar-refractivity contribution in [3.05, 3.63) is 58.4 Å². The van der Waals surface area contributed by atoms with Gasteiger partial charge in [0.05, 0.1) is 22.5 Å². The van der Waals surface area contributed by atoms with Gasteiger partial charge in [0.1, 0.15) is 11.4 Å². The minimum atomic E-state index is -1.21. The van der Waals surface area contributed by atoms with Gasteiger partial charge in [-0.05, 0) is 50.6 Å². The van der Waals surface area contributed by atoms with Crippen LogP contribution in [0.15, 0.2) is 36.4 Å². The second-order valence-electron chi connectivity index (χ2n) is 8.79. The summed E-state index contributed by atoms with van der Waals surface area (Å²) in [4.78, 5) is 44.1. The van der Waals surface area contributed by atoms with Crippen LogP contribution in [-0.2, 0) is 19.9 Å². The Balaban J connectivity index is 1.56. The lowest BCUT2D eigenvalue weighted by molar-refractivity contribution is -0.135. The lowest BCUT2D eigenvalue weighted by Gasteiger charge is -2.36. The summed E-state index contributed by atoms with van der Waals surface area (Å²) < 4.78 is 13.7. The van der Waals surface area contributed by atoms with Gasteiger partial charge >= 0.3 is 0 Å². The Morgan fingerprint density at radius 3 is 2.71 bits per heavy atom. The number of nitrogens with zero attached hydrogens (tertiary/aromatic N) is 2. The third-order valence-corrected chi connectivity index (χ3v) is 7.60. The molecule has 0 radical (unpaired) electrons. The van der Waals surface area contributed by atoms with E-state index in [1.165, 1.54) is 12.1 Å². The predicted molar refractivity (Wildman–Crippen MR) is 112 cm³/mol. The van der Waals surface area contributed by atoms with E-state index in [-0.39, 0.29) is 28.6 Å². The SMILES string of the molecule is Cc1ccc2c(c1)[C@@]1(C(=O)N2)[C@@H]2C(=O)N(c3ccc(F)c(Cl)c3)C(=O)[C@@H]2[C@@H]2CCCN21. The molecule has 6 nitrogen and oxygen atoms in total. The number of amides is 3. The van der Waals surface area contributed by atoms with Crippen LogP contribution in [-0.4, -0.2) is 35.2 Å². The van der Waals surface area contributed by atoms with Crippen molar-refractivity contribution in [3.8, 4) is 0 Å². The van der Waals surface area contributed by atoms with E-state index in [0.29, 0.717) is 12.2 Å². The third kappa shape index (κ3) is 2.18. The number of imide groups is 1. The Labute approximate surface area is 183 Å². The quantitative estimate of drug-likeness (QED) is 0.693. The maximum atomic E-state index is 13.8. The van der Waals surface area contributed by atoms with Gasteiger partial charge in [0.15, 0.2) is 0 Å². The lowest BCUT2D eigenvalue weighted by Crippen LogP contribution is -2.54. The molecule has 0 saturated carbocycles. The first kappa shape index (κ1) is 19.0. The van der Waals surface area contributed by atoms with Crippen molar-refractivity contribution in [1.29, 1.82) is 0 Å². The molecule has 1 spiro atoms. The Morgan fingerprint density at radius 1 is 1.13 bits per heavy atom. The van der Waals surface area contributed by atoms with E-state index in [4.69, 9.17) is 11.6 Å². The third-order valence-electron chi connectivity index (χ3n) is 7.31. The number of fused-ring (bicyclic) bond motifs is 7. The average molecular weight is 440 g/mol. The van der Waals surface area contributed by atoms with Crippen molar-refractivity contribution in [2.75, 3.05) is 16.8 Å². The first-order valence-electron chi connectivity index (χ1n) is 10.4. The van der Waals surface area contributed by atoms with Crippen molar-refractivity contribution in [2.45, 2.75) is 31.3 Å². The van der Waals surface area contributed by atoms with E-state index in [1.807, 2.05) is 25.1 Å². The van der Waals surface area contributed by atoms with Gasteiger partial charge in [0, 0.05) is 17.3 Å². The number of halogens is 2. The summed E-state index contributed by atoms with van der Waals surface area (Å²) in [7, 11) is 0. The van der Waals surface area contributed by atoms with Crippen LogP contribution in [0, 0.1) is 24.6 Å². The number of hydrogen-bond acceptors (Lipinski definition) is 4. The predicted octanol–water partition coefficient (Wildman–Crippen LogP) is 3.22. The number of carbonyl (C=O) groups excluding carboxylic acids is 3. The van der Waals surface area contributed by atoms with Crippen molar-refractivity contribution >= 4 is 40.7 Å². The minimum absolute atomic E-state index is 0.160. The molecule has 4 atom stereocenters.